The number of allylic oxidation sites excluding steroid dienone is 1. The van der Waals surface area contributed by atoms with Gasteiger partial charge in [-0.05, 0) is 57.6 Å². The van der Waals surface area contributed by atoms with Crippen molar-refractivity contribution in [3.8, 4) is 0 Å². The fourth-order valence-corrected chi connectivity index (χ4v) is 10.6. The second-order valence-corrected chi connectivity index (χ2v) is 16.3. The maximum absolute atomic E-state index is 12.0. The lowest BCUT2D eigenvalue weighted by Crippen LogP contribution is -2.66. The third kappa shape index (κ3) is 7.05. The number of hydrogen-bond acceptors (Lipinski definition) is 3. The number of aldehydes is 1. The molecule has 1 aliphatic carbocycles. The summed E-state index contributed by atoms with van der Waals surface area (Å²) in [5.74, 6) is 0.617. The Bertz CT molecular complexity index is 1150. The zero-order valence-corrected chi connectivity index (χ0v) is 25.0. The second-order valence-electron chi connectivity index (χ2n) is 12.0. The van der Waals surface area contributed by atoms with E-state index in [-0.39, 0.29) is 16.9 Å². The van der Waals surface area contributed by atoms with Gasteiger partial charge in [0.25, 0.3) is 8.32 Å². The van der Waals surface area contributed by atoms with Gasteiger partial charge in [0.05, 0.1) is 13.2 Å². The normalized spacial score (nSPS) is 19.9. The van der Waals surface area contributed by atoms with Crippen LogP contribution < -0.4 is 10.4 Å². The van der Waals surface area contributed by atoms with Crippen LogP contribution >= 0.6 is 0 Å². The summed E-state index contributed by atoms with van der Waals surface area (Å²) < 4.78 is 13.2. The molecule has 0 fully saturated rings. The quantitative estimate of drug-likeness (QED) is 0.108. The molecule has 0 spiro atoms. The van der Waals surface area contributed by atoms with E-state index in [0.717, 1.165) is 19.3 Å². The van der Waals surface area contributed by atoms with E-state index >= 15 is 0 Å². The van der Waals surface area contributed by atoms with Crippen LogP contribution in [0.25, 0.3) is 0 Å². The van der Waals surface area contributed by atoms with Gasteiger partial charge in [-0.15, -0.1) is 0 Å². The zero-order valence-electron chi connectivity index (χ0n) is 24.0. The Morgan fingerprint density at radius 3 is 1.95 bits per heavy atom. The summed E-state index contributed by atoms with van der Waals surface area (Å²) in [6, 6.07) is 31.9. The molecule has 4 rings (SSSR count). The van der Waals surface area contributed by atoms with E-state index in [0.29, 0.717) is 25.7 Å². The molecule has 0 heterocycles. The van der Waals surface area contributed by atoms with Crippen molar-refractivity contribution in [1.82, 2.24) is 0 Å². The van der Waals surface area contributed by atoms with Crippen molar-refractivity contribution >= 4 is 25.0 Å². The molecule has 0 aliphatic heterocycles. The Morgan fingerprint density at radius 1 is 0.846 bits per heavy atom. The van der Waals surface area contributed by atoms with Crippen LogP contribution in [0.4, 0.5) is 0 Å². The molecule has 0 amide bonds. The number of carbonyl (C=O) groups is 1. The molecule has 0 saturated heterocycles. The van der Waals surface area contributed by atoms with Gasteiger partial charge in [-0.1, -0.05) is 125 Å². The van der Waals surface area contributed by atoms with Gasteiger partial charge in [-0.3, -0.25) is 0 Å². The Labute approximate surface area is 236 Å². The van der Waals surface area contributed by atoms with E-state index in [4.69, 9.17) is 9.16 Å². The number of carbonyl (C=O) groups excluding carboxylic acids is 1. The molecule has 0 bridgehead atoms. The molecular weight excluding hydrogens is 496 g/mol. The summed E-state index contributed by atoms with van der Waals surface area (Å²) in [4.78, 5) is 12.0. The van der Waals surface area contributed by atoms with Crippen LogP contribution in [0.1, 0.15) is 52.5 Å². The molecule has 4 heteroatoms. The van der Waals surface area contributed by atoms with E-state index in [2.05, 4.69) is 107 Å². The topological polar surface area (TPSA) is 35.5 Å². The SMILES string of the molecule is C[C@H]1C[C@@H](C=O)[C@@H](CCCOCc2ccccc2)C=C1CO[Si](c1ccccc1)(c1ccccc1)C(C)(C)C. The predicted octanol–water partition coefficient (Wildman–Crippen LogP) is 6.96. The van der Waals surface area contributed by atoms with Gasteiger partial charge in [0.2, 0.25) is 0 Å². The Kier molecular flexibility index (Phi) is 10.1. The first-order valence-corrected chi connectivity index (χ1v) is 16.3. The van der Waals surface area contributed by atoms with Gasteiger partial charge in [-0.25, -0.2) is 0 Å². The minimum Gasteiger partial charge on any atom is -0.403 e. The molecule has 3 aromatic rings. The predicted molar refractivity (Wildman–Crippen MR) is 164 cm³/mol. The molecule has 0 unspecified atom stereocenters. The molecule has 1 aliphatic rings. The van der Waals surface area contributed by atoms with E-state index in [1.54, 1.807) is 0 Å². The summed E-state index contributed by atoms with van der Waals surface area (Å²) in [5.41, 5.74) is 2.52. The highest BCUT2D eigenvalue weighted by molar-refractivity contribution is 6.99. The summed E-state index contributed by atoms with van der Waals surface area (Å²) in [6.45, 7) is 11.1. The molecule has 39 heavy (non-hydrogen) atoms. The highest BCUT2D eigenvalue weighted by Crippen LogP contribution is 2.39. The van der Waals surface area contributed by atoms with Crippen molar-refractivity contribution in [3.05, 3.63) is 108 Å². The fraction of sp³-hybridized carbons (Fsp3) is 0.400. The van der Waals surface area contributed by atoms with Crippen molar-refractivity contribution < 1.29 is 14.0 Å². The van der Waals surface area contributed by atoms with Gasteiger partial charge in [0.1, 0.15) is 6.29 Å². The van der Waals surface area contributed by atoms with E-state index in [9.17, 15) is 4.79 Å². The molecular formula is C35H44O3Si. The Morgan fingerprint density at radius 2 is 1.41 bits per heavy atom. The first kappa shape index (κ1) is 29.2. The summed E-state index contributed by atoms with van der Waals surface area (Å²) >= 11 is 0. The molecule has 0 radical (unpaired) electrons. The van der Waals surface area contributed by atoms with E-state index in [1.165, 1.54) is 27.8 Å². The highest BCUT2D eigenvalue weighted by atomic mass is 28.4. The van der Waals surface area contributed by atoms with Crippen LogP contribution in [0.2, 0.25) is 5.04 Å². The molecule has 0 saturated carbocycles. The first-order valence-electron chi connectivity index (χ1n) is 14.4. The highest BCUT2D eigenvalue weighted by Gasteiger charge is 2.50. The number of hydrogen-bond donors (Lipinski definition) is 0. The van der Waals surface area contributed by atoms with Crippen molar-refractivity contribution in [3.63, 3.8) is 0 Å². The number of rotatable bonds is 12. The van der Waals surface area contributed by atoms with Gasteiger partial charge < -0.3 is 14.0 Å². The van der Waals surface area contributed by atoms with Gasteiger partial charge in [0, 0.05) is 12.5 Å². The Hall–Kier alpha value is -2.79. The monoisotopic (exact) mass is 540 g/mol. The average molecular weight is 541 g/mol. The van der Waals surface area contributed by atoms with Gasteiger partial charge >= 0.3 is 0 Å². The molecule has 0 aromatic heterocycles. The molecule has 3 nitrogen and oxygen atoms in total. The van der Waals surface area contributed by atoms with Gasteiger partial charge in [-0.2, -0.15) is 0 Å². The minimum absolute atomic E-state index is 0.0605. The maximum Gasteiger partial charge on any atom is 0.261 e. The third-order valence-electron chi connectivity index (χ3n) is 8.22. The standard InChI is InChI=1S/C35H44O3Si/c1-28-23-31(25-36)30(17-14-22-37-26-29-15-8-5-9-16-29)24-32(28)27-38-39(35(2,3)4,33-18-10-6-11-19-33)34-20-12-7-13-21-34/h5-13,15-16,18-21,24-25,28,30-31H,14,17,22-23,26-27H2,1-4H3/t28-,30-,31-/m0/s1. The summed E-state index contributed by atoms with van der Waals surface area (Å²) in [5, 5.41) is 2.53. The summed E-state index contributed by atoms with van der Waals surface area (Å²) in [7, 11) is -2.61. The fourth-order valence-electron chi connectivity index (χ4n) is 6.08. The van der Waals surface area contributed by atoms with Crippen molar-refractivity contribution in [2.24, 2.45) is 17.8 Å². The van der Waals surface area contributed by atoms with Crippen LogP contribution in [0, 0.1) is 17.8 Å². The summed E-state index contributed by atoms with van der Waals surface area (Å²) in [6.07, 6.45) is 6.31. The van der Waals surface area contributed by atoms with Crippen LogP contribution in [0.5, 0.6) is 0 Å². The van der Waals surface area contributed by atoms with Crippen LogP contribution in [-0.2, 0) is 20.6 Å². The van der Waals surface area contributed by atoms with Crippen LogP contribution in [-0.4, -0.2) is 27.8 Å². The largest absolute Gasteiger partial charge is 0.403 e. The number of ether oxygens (including phenoxy) is 1. The van der Waals surface area contributed by atoms with Crippen molar-refractivity contribution in [1.29, 1.82) is 0 Å². The van der Waals surface area contributed by atoms with Crippen molar-refractivity contribution in [2.45, 2.75) is 58.6 Å². The van der Waals surface area contributed by atoms with Crippen LogP contribution in [0.15, 0.2) is 103 Å². The van der Waals surface area contributed by atoms with E-state index < -0.39 is 8.32 Å². The average Bonchev–Trinajstić information content (AvgIpc) is 2.95. The first-order chi connectivity index (χ1) is 18.8. The number of benzene rings is 3. The Balaban J connectivity index is 1.51. The van der Waals surface area contributed by atoms with Crippen molar-refractivity contribution in [2.75, 3.05) is 13.2 Å². The van der Waals surface area contributed by atoms with Gasteiger partial charge in [0.15, 0.2) is 0 Å². The lowest BCUT2D eigenvalue weighted by atomic mass is 9.75. The molecule has 206 valence electrons. The lowest BCUT2D eigenvalue weighted by molar-refractivity contribution is -0.112. The lowest BCUT2D eigenvalue weighted by Gasteiger charge is -2.44. The smallest absolute Gasteiger partial charge is 0.261 e. The third-order valence-corrected chi connectivity index (χ3v) is 13.2. The molecule has 3 atom stereocenters. The zero-order chi connectivity index (χ0) is 27.7. The van der Waals surface area contributed by atoms with Crippen LogP contribution in [0.3, 0.4) is 0 Å². The minimum atomic E-state index is -2.61. The maximum atomic E-state index is 12.0. The second kappa shape index (κ2) is 13.5. The molecule has 0 N–H and O–H groups in total. The van der Waals surface area contributed by atoms with E-state index in [1.807, 2.05) is 18.2 Å². The molecule has 3 aromatic carbocycles.